The highest BCUT2D eigenvalue weighted by atomic mass is 16.5. The summed E-state index contributed by atoms with van der Waals surface area (Å²) in [6.45, 7) is 2.13. The second-order valence-electron chi connectivity index (χ2n) is 5.91. The van der Waals surface area contributed by atoms with Gasteiger partial charge in [0.05, 0.1) is 6.61 Å². The fourth-order valence-electron chi connectivity index (χ4n) is 3.60. The van der Waals surface area contributed by atoms with Crippen LogP contribution in [0.25, 0.3) is 0 Å². The van der Waals surface area contributed by atoms with Crippen molar-refractivity contribution in [2.75, 3.05) is 26.8 Å². The number of nitrogens with zero attached hydrogens (tertiary/aromatic N) is 1. The summed E-state index contributed by atoms with van der Waals surface area (Å²) in [5.74, 6) is -0.753. The zero-order valence-corrected chi connectivity index (χ0v) is 11.4. The molecule has 0 aromatic carbocycles. The van der Waals surface area contributed by atoms with Crippen LogP contribution < -0.4 is 0 Å². The molecule has 0 bridgehead atoms. The molecule has 1 saturated carbocycles. The van der Waals surface area contributed by atoms with Crippen LogP contribution in [-0.2, 0) is 9.53 Å². The lowest BCUT2D eigenvalue weighted by atomic mass is 9.68. The Morgan fingerprint density at radius 3 is 2.33 bits per heavy atom. The number of carboxylic acid groups (broad SMARTS) is 1. The van der Waals surface area contributed by atoms with Gasteiger partial charge in [-0.2, -0.15) is 0 Å². The molecule has 2 aliphatic rings. The summed E-state index contributed by atoms with van der Waals surface area (Å²) in [6, 6.07) is -0.462. The summed E-state index contributed by atoms with van der Waals surface area (Å²) < 4.78 is 5.03. The lowest BCUT2D eigenvalue weighted by Crippen LogP contribution is -2.50. The third-order valence-electron chi connectivity index (χ3n) is 4.82. The molecule has 1 atom stereocenters. The van der Waals surface area contributed by atoms with Gasteiger partial charge in [-0.3, -0.25) is 9.69 Å². The molecule has 1 unspecified atom stereocenters. The van der Waals surface area contributed by atoms with E-state index >= 15 is 0 Å². The molecule has 1 saturated heterocycles. The van der Waals surface area contributed by atoms with Gasteiger partial charge in [-0.1, -0.05) is 19.3 Å². The second-order valence-corrected chi connectivity index (χ2v) is 5.91. The molecule has 0 aromatic rings. The highest BCUT2D eigenvalue weighted by molar-refractivity contribution is 5.73. The minimum atomic E-state index is -0.753. The maximum Gasteiger partial charge on any atom is 0.323 e. The van der Waals surface area contributed by atoms with Gasteiger partial charge < -0.3 is 9.84 Å². The summed E-state index contributed by atoms with van der Waals surface area (Å²) >= 11 is 0. The van der Waals surface area contributed by atoms with E-state index in [4.69, 9.17) is 4.74 Å². The Balaban J connectivity index is 1.90. The Morgan fingerprint density at radius 1 is 1.22 bits per heavy atom. The van der Waals surface area contributed by atoms with Crippen LogP contribution in [0.4, 0.5) is 0 Å². The normalized spacial score (nSPS) is 26.1. The minimum absolute atomic E-state index is 0.294. The molecule has 1 aliphatic carbocycles. The smallest absolute Gasteiger partial charge is 0.323 e. The maximum absolute atomic E-state index is 11.2. The van der Waals surface area contributed by atoms with Crippen molar-refractivity contribution in [3.05, 3.63) is 0 Å². The summed E-state index contributed by atoms with van der Waals surface area (Å²) in [5, 5.41) is 9.24. The molecule has 1 N–H and O–H groups in total. The number of hydrogen-bond donors (Lipinski definition) is 1. The number of ether oxygens (including phenoxy) is 1. The largest absolute Gasteiger partial charge is 0.480 e. The number of carbonyl (C=O) groups is 1. The Morgan fingerprint density at radius 2 is 1.83 bits per heavy atom. The van der Waals surface area contributed by atoms with Crippen LogP contribution in [0, 0.1) is 5.41 Å². The number of likely N-dealkylation sites (tertiary alicyclic amines) is 1. The summed E-state index contributed by atoms with van der Waals surface area (Å²) in [6.07, 6.45) is 9.14. The fraction of sp³-hybridized carbons (Fsp3) is 0.929. The number of aliphatic carboxylic acids is 1. The van der Waals surface area contributed by atoms with E-state index in [1.54, 1.807) is 7.11 Å². The molecule has 0 amide bonds. The molecule has 1 aliphatic heterocycles. The van der Waals surface area contributed by atoms with Crippen LogP contribution in [0.5, 0.6) is 0 Å². The Labute approximate surface area is 109 Å². The lowest BCUT2D eigenvalue weighted by Gasteiger charge is -2.45. The molecule has 0 aromatic heterocycles. The van der Waals surface area contributed by atoms with Gasteiger partial charge in [-0.05, 0) is 44.2 Å². The quantitative estimate of drug-likeness (QED) is 0.836. The van der Waals surface area contributed by atoms with Gasteiger partial charge in [0, 0.05) is 7.11 Å². The predicted octanol–water partition coefficient (Wildman–Crippen LogP) is 2.13. The SMILES string of the molecule is COCC(C(=O)O)N1CCC2(CCCCC2)CC1. The molecule has 104 valence electrons. The number of hydrogen-bond acceptors (Lipinski definition) is 3. The number of methoxy groups -OCH3 is 1. The number of carboxylic acids is 1. The maximum atomic E-state index is 11.2. The van der Waals surface area contributed by atoms with E-state index in [0.29, 0.717) is 12.0 Å². The van der Waals surface area contributed by atoms with Gasteiger partial charge in [0.1, 0.15) is 6.04 Å². The van der Waals surface area contributed by atoms with Crippen molar-refractivity contribution in [3.8, 4) is 0 Å². The van der Waals surface area contributed by atoms with Crippen LogP contribution in [0.15, 0.2) is 0 Å². The van der Waals surface area contributed by atoms with Crippen LogP contribution >= 0.6 is 0 Å². The first kappa shape index (κ1) is 13.8. The van der Waals surface area contributed by atoms with E-state index in [1.807, 2.05) is 0 Å². The molecule has 1 heterocycles. The summed E-state index contributed by atoms with van der Waals surface area (Å²) in [4.78, 5) is 13.3. The molecule has 1 spiro atoms. The van der Waals surface area contributed by atoms with E-state index in [-0.39, 0.29) is 0 Å². The van der Waals surface area contributed by atoms with Gasteiger partial charge >= 0.3 is 5.97 Å². The Kier molecular flexibility index (Phi) is 4.62. The van der Waals surface area contributed by atoms with Gasteiger partial charge in [-0.25, -0.2) is 0 Å². The molecule has 2 fully saturated rings. The predicted molar refractivity (Wildman–Crippen MR) is 69.6 cm³/mol. The zero-order valence-electron chi connectivity index (χ0n) is 11.4. The molecule has 4 heteroatoms. The van der Waals surface area contributed by atoms with E-state index in [9.17, 15) is 9.90 Å². The van der Waals surface area contributed by atoms with Crippen molar-refractivity contribution in [2.45, 2.75) is 51.0 Å². The van der Waals surface area contributed by atoms with E-state index < -0.39 is 12.0 Å². The first-order valence-corrected chi connectivity index (χ1v) is 7.13. The van der Waals surface area contributed by atoms with E-state index in [2.05, 4.69) is 4.90 Å². The molecule has 2 rings (SSSR count). The van der Waals surface area contributed by atoms with Crippen molar-refractivity contribution in [2.24, 2.45) is 5.41 Å². The fourth-order valence-corrected chi connectivity index (χ4v) is 3.60. The van der Waals surface area contributed by atoms with Gasteiger partial charge in [0.15, 0.2) is 0 Å². The molecular formula is C14H25NO3. The Hall–Kier alpha value is -0.610. The lowest BCUT2D eigenvalue weighted by molar-refractivity contribution is -0.146. The van der Waals surface area contributed by atoms with E-state index in [0.717, 1.165) is 13.1 Å². The third-order valence-corrected chi connectivity index (χ3v) is 4.82. The Bertz CT molecular complexity index is 277. The topological polar surface area (TPSA) is 49.8 Å². The van der Waals surface area contributed by atoms with Crippen LogP contribution in [0.3, 0.4) is 0 Å². The zero-order chi connectivity index (χ0) is 13.0. The molecule has 4 nitrogen and oxygen atoms in total. The molecular weight excluding hydrogens is 230 g/mol. The van der Waals surface area contributed by atoms with Crippen molar-refractivity contribution >= 4 is 5.97 Å². The highest BCUT2D eigenvalue weighted by Crippen LogP contribution is 2.44. The van der Waals surface area contributed by atoms with Crippen molar-refractivity contribution in [3.63, 3.8) is 0 Å². The molecule has 18 heavy (non-hydrogen) atoms. The van der Waals surface area contributed by atoms with Crippen LogP contribution in [0.1, 0.15) is 44.9 Å². The summed E-state index contributed by atoms with van der Waals surface area (Å²) in [5.41, 5.74) is 0.533. The average molecular weight is 255 g/mol. The average Bonchev–Trinajstić information content (AvgIpc) is 2.38. The number of rotatable bonds is 4. The van der Waals surface area contributed by atoms with Gasteiger partial charge in [-0.15, -0.1) is 0 Å². The van der Waals surface area contributed by atoms with Crippen LogP contribution in [0.2, 0.25) is 0 Å². The second kappa shape index (κ2) is 6.02. The third kappa shape index (κ3) is 3.04. The standard InChI is InChI=1S/C14H25NO3/c1-18-11-12(13(16)17)15-9-7-14(8-10-15)5-3-2-4-6-14/h12H,2-11H2,1H3,(H,16,17). The van der Waals surface area contributed by atoms with Crippen LogP contribution in [-0.4, -0.2) is 48.8 Å². The van der Waals surface area contributed by atoms with Crippen molar-refractivity contribution < 1.29 is 14.6 Å². The highest BCUT2D eigenvalue weighted by Gasteiger charge is 2.38. The first-order valence-electron chi connectivity index (χ1n) is 7.13. The minimum Gasteiger partial charge on any atom is -0.480 e. The molecule has 0 radical (unpaired) electrons. The van der Waals surface area contributed by atoms with E-state index in [1.165, 1.54) is 44.9 Å². The van der Waals surface area contributed by atoms with Gasteiger partial charge in [0.25, 0.3) is 0 Å². The monoisotopic (exact) mass is 255 g/mol. The number of piperidine rings is 1. The first-order chi connectivity index (χ1) is 8.67. The van der Waals surface area contributed by atoms with Crippen molar-refractivity contribution in [1.29, 1.82) is 0 Å². The summed E-state index contributed by atoms with van der Waals surface area (Å²) in [7, 11) is 1.57. The van der Waals surface area contributed by atoms with Gasteiger partial charge in [0.2, 0.25) is 0 Å². The van der Waals surface area contributed by atoms with Crippen molar-refractivity contribution in [1.82, 2.24) is 4.90 Å².